The Labute approximate surface area is 130 Å². The first-order valence-electron chi connectivity index (χ1n) is 7.90. The van der Waals surface area contributed by atoms with E-state index in [0.717, 1.165) is 37.2 Å². The van der Waals surface area contributed by atoms with Crippen LogP contribution in [-0.2, 0) is 17.6 Å². The molecule has 2 aromatic rings. The molecule has 3 rings (SSSR count). The van der Waals surface area contributed by atoms with E-state index in [2.05, 4.69) is 10.1 Å². The summed E-state index contributed by atoms with van der Waals surface area (Å²) in [4.78, 5) is 18.8. The molecule has 0 spiro atoms. The van der Waals surface area contributed by atoms with Gasteiger partial charge in [-0.1, -0.05) is 42.4 Å². The topological polar surface area (TPSA) is 59.2 Å². The van der Waals surface area contributed by atoms with E-state index < -0.39 is 0 Å². The molecule has 0 unspecified atom stereocenters. The Hall–Kier alpha value is -2.17. The second-order valence-electron chi connectivity index (χ2n) is 5.74. The maximum absolute atomic E-state index is 12.5. The first-order valence-corrected chi connectivity index (χ1v) is 7.90. The third-order valence-corrected chi connectivity index (χ3v) is 4.12. The summed E-state index contributed by atoms with van der Waals surface area (Å²) in [6.07, 6.45) is 3.21. The maximum Gasteiger partial charge on any atom is 0.231 e. The average Bonchev–Trinajstić information content (AvgIpc) is 3.05. The third kappa shape index (κ3) is 3.35. The molecule has 1 aliphatic rings. The molecule has 0 saturated carbocycles. The second-order valence-corrected chi connectivity index (χ2v) is 5.74. The molecule has 1 atom stereocenters. The molecule has 5 nitrogen and oxygen atoms in total. The molecule has 0 radical (unpaired) electrons. The number of likely N-dealkylation sites (tertiary alicyclic amines) is 1. The van der Waals surface area contributed by atoms with Gasteiger partial charge < -0.3 is 9.42 Å². The van der Waals surface area contributed by atoms with Crippen LogP contribution >= 0.6 is 0 Å². The van der Waals surface area contributed by atoms with E-state index in [-0.39, 0.29) is 11.8 Å². The van der Waals surface area contributed by atoms with Gasteiger partial charge in [-0.2, -0.15) is 4.98 Å². The van der Waals surface area contributed by atoms with Gasteiger partial charge in [0.15, 0.2) is 5.82 Å². The number of carbonyl (C=O) groups excluding carboxylic acids is 1. The molecule has 1 amide bonds. The minimum atomic E-state index is 0.168. The van der Waals surface area contributed by atoms with Gasteiger partial charge in [-0.25, -0.2) is 0 Å². The fourth-order valence-corrected chi connectivity index (χ4v) is 2.86. The molecule has 1 aromatic heterocycles. The van der Waals surface area contributed by atoms with E-state index in [4.69, 9.17) is 4.52 Å². The lowest BCUT2D eigenvalue weighted by Gasteiger charge is -2.31. The Bertz CT molecular complexity index is 624. The summed E-state index contributed by atoms with van der Waals surface area (Å²) >= 11 is 0. The summed E-state index contributed by atoms with van der Waals surface area (Å²) in [6.45, 7) is 3.50. The van der Waals surface area contributed by atoms with Gasteiger partial charge in [-0.3, -0.25) is 4.79 Å². The zero-order valence-electron chi connectivity index (χ0n) is 12.9. The van der Waals surface area contributed by atoms with E-state index in [9.17, 15) is 4.79 Å². The summed E-state index contributed by atoms with van der Waals surface area (Å²) in [6, 6.07) is 9.88. The molecule has 1 fully saturated rings. The normalized spacial score (nSPS) is 18.4. The van der Waals surface area contributed by atoms with E-state index in [0.29, 0.717) is 18.9 Å². The molecule has 0 N–H and O–H groups in total. The van der Waals surface area contributed by atoms with Crippen molar-refractivity contribution < 1.29 is 9.32 Å². The second kappa shape index (κ2) is 6.73. The minimum Gasteiger partial charge on any atom is -0.342 e. The van der Waals surface area contributed by atoms with E-state index in [1.165, 1.54) is 0 Å². The van der Waals surface area contributed by atoms with Crippen molar-refractivity contribution in [3.8, 4) is 0 Å². The van der Waals surface area contributed by atoms with Gasteiger partial charge in [0, 0.05) is 19.5 Å². The maximum atomic E-state index is 12.5. The Balaban J connectivity index is 1.63. The molecular formula is C17H21N3O2. The molecule has 116 valence electrons. The lowest BCUT2D eigenvalue weighted by molar-refractivity contribution is -0.131. The van der Waals surface area contributed by atoms with Gasteiger partial charge in [0.05, 0.1) is 12.3 Å². The first-order chi connectivity index (χ1) is 10.8. The van der Waals surface area contributed by atoms with Crippen LogP contribution in [-0.4, -0.2) is 34.0 Å². The summed E-state index contributed by atoms with van der Waals surface area (Å²) in [5, 5.41) is 3.96. The fourth-order valence-electron chi connectivity index (χ4n) is 2.86. The number of amides is 1. The lowest BCUT2D eigenvalue weighted by atomic mass is 9.97. The SMILES string of the molecule is CCc1noc([C@H]2CCCN(C(=O)Cc3ccccc3)C2)n1. The monoisotopic (exact) mass is 299 g/mol. The molecular weight excluding hydrogens is 278 g/mol. The number of hydrogen-bond donors (Lipinski definition) is 0. The van der Waals surface area contributed by atoms with Gasteiger partial charge in [0.2, 0.25) is 11.8 Å². The van der Waals surface area contributed by atoms with Crippen molar-refractivity contribution in [2.75, 3.05) is 13.1 Å². The highest BCUT2D eigenvalue weighted by Gasteiger charge is 2.28. The van der Waals surface area contributed by atoms with Crippen LogP contribution < -0.4 is 0 Å². The largest absolute Gasteiger partial charge is 0.342 e. The van der Waals surface area contributed by atoms with Crippen LogP contribution in [0.15, 0.2) is 34.9 Å². The van der Waals surface area contributed by atoms with Crippen molar-refractivity contribution in [1.82, 2.24) is 15.0 Å². The minimum absolute atomic E-state index is 0.168. The summed E-state index contributed by atoms with van der Waals surface area (Å²) < 4.78 is 5.34. The van der Waals surface area contributed by atoms with Crippen molar-refractivity contribution >= 4 is 5.91 Å². The number of nitrogens with zero attached hydrogens (tertiary/aromatic N) is 3. The van der Waals surface area contributed by atoms with Crippen molar-refractivity contribution in [2.45, 2.75) is 38.5 Å². The first kappa shape index (κ1) is 14.8. The van der Waals surface area contributed by atoms with Crippen molar-refractivity contribution in [2.24, 2.45) is 0 Å². The molecule has 5 heteroatoms. The number of piperidine rings is 1. The van der Waals surface area contributed by atoms with Crippen LogP contribution in [0.5, 0.6) is 0 Å². The van der Waals surface area contributed by atoms with E-state index in [1.54, 1.807) is 0 Å². The Morgan fingerprint density at radius 2 is 2.18 bits per heavy atom. The number of hydrogen-bond acceptors (Lipinski definition) is 4. The predicted molar refractivity (Wildman–Crippen MR) is 82.4 cm³/mol. The number of aromatic nitrogens is 2. The Morgan fingerprint density at radius 1 is 1.36 bits per heavy atom. The quantitative estimate of drug-likeness (QED) is 0.870. The molecule has 1 aromatic carbocycles. The van der Waals surface area contributed by atoms with Crippen LogP contribution in [0.25, 0.3) is 0 Å². The van der Waals surface area contributed by atoms with Gasteiger partial charge in [0.25, 0.3) is 0 Å². The third-order valence-electron chi connectivity index (χ3n) is 4.12. The van der Waals surface area contributed by atoms with Gasteiger partial charge in [-0.15, -0.1) is 0 Å². The highest BCUT2D eigenvalue weighted by atomic mass is 16.5. The Kier molecular flexibility index (Phi) is 4.51. The van der Waals surface area contributed by atoms with E-state index >= 15 is 0 Å². The van der Waals surface area contributed by atoms with Crippen molar-refractivity contribution in [3.63, 3.8) is 0 Å². The van der Waals surface area contributed by atoms with E-state index in [1.807, 2.05) is 42.2 Å². The molecule has 0 aliphatic carbocycles. The van der Waals surface area contributed by atoms with Crippen LogP contribution in [0.4, 0.5) is 0 Å². The molecule has 22 heavy (non-hydrogen) atoms. The van der Waals surface area contributed by atoms with Crippen molar-refractivity contribution in [3.05, 3.63) is 47.6 Å². The number of aryl methyl sites for hydroxylation is 1. The fraction of sp³-hybridized carbons (Fsp3) is 0.471. The summed E-state index contributed by atoms with van der Waals surface area (Å²) in [5.41, 5.74) is 1.06. The molecule has 0 bridgehead atoms. The molecule has 2 heterocycles. The smallest absolute Gasteiger partial charge is 0.231 e. The molecule has 1 aliphatic heterocycles. The van der Waals surface area contributed by atoms with Crippen LogP contribution in [0.1, 0.15) is 43.0 Å². The van der Waals surface area contributed by atoms with Gasteiger partial charge in [0.1, 0.15) is 0 Å². The highest BCUT2D eigenvalue weighted by molar-refractivity contribution is 5.78. The van der Waals surface area contributed by atoms with Crippen LogP contribution in [0.3, 0.4) is 0 Å². The van der Waals surface area contributed by atoms with Gasteiger partial charge in [-0.05, 0) is 18.4 Å². The highest BCUT2D eigenvalue weighted by Crippen LogP contribution is 2.26. The standard InChI is InChI=1S/C17H21N3O2/c1-2-15-18-17(22-19-15)14-9-6-10-20(12-14)16(21)11-13-7-4-3-5-8-13/h3-5,7-8,14H,2,6,9-12H2,1H3/t14-/m0/s1. The Morgan fingerprint density at radius 3 is 2.91 bits per heavy atom. The molecule has 1 saturated heterocycles. The van der Waals surface area contributed by atoms with Gasteiger partial charge >= 0.3 is 0 Å². The van der Waals surface area contributed by atoms with Crippen LogP contribution in [0.2, 0.25) is 0 Å². The number of carbonyl (C=O) groups is 1. The van der Waals surface area contributed by atoms with Crippen LogP contribution in [0, 0.1) is 0 Å². The summed E-state index contributed by atoms with van der Waals surface area (Å²) in [7, 11) is 0. The predicted octanol–water partition coefficient (Wildman–Crippen LogP) is 2.58. The zero-order chi connectivity index (χ0) is 15.4. The number of rotatable bonds is 4. The average molecular weight is 299 g/mol. The lowest BCUT2D eigenvalue weighted by Crippen LogP contribution is -2.40. The van der Waals surface area contributed by atoms with Crippen molar-refractivity contribution in [1.29, 1.82) is 0 Å². The number of benzene rings is 1. The zero-order valence-corrected chi connectivity index (χ0v) is 12.9. The summed E-state index contributed by atoms with van der Waals surface area (Å²) in [5.74, 6) is 1.75.